The summed E-state index contributed by atoms with van der Waals surface area (Å²) in [5.41, 5.74) is 0. The molecule has 0 saturated heterocycles. The van der Waals surface area contributed by atoms with Gasteiger partial charge in [-0.3, -0.25) is 5.32 Å². The Morgan fingerprint density at radius 1 is 1.36 bits per heavy atom. The second-order valence-corrected chi connectivity index (χ2v) is 4.31. The third kappa shape index (κ3) is 5.27. The summed E-state index contributed by atoms with van der Waals surface area (Å²) in [6, 6.07) is 10.4. The molecule has 3 heteroatoms. The summed E-state index contributed by atoms with van der Waals surface area (Å²) in [5, 5.41) is 11.9. The average Bonchev–Trinajstić information content (AvgIpc) is 2.18. The quantitative estimate of drug-likeness (QED) is 0.429. The van der Waals surface area contributed by atoms with E-state index in [1.165, 1.54) is 4.90 Å². The van der Waals surface area contributed by atoms with Gasteiger partial charge in [-0.05, 0) is 37.8 Å². The van der Waals surface area contributed by atoms with E-state index < -0.39 is 6.23 Å². The molecular formula is C11H17NOS. The van der Waals surface area contributed by atoms with Crippen LogP contribution in [-0.4, -0.2) is 23.6 Å². The molecule has 1 aromatic carbocycles. The molecule has 0 amide bonds. The minimum atomic E-state index is -0.392. The maximum Gasteiger partial charge on any atom is 0.102 e. The molecule has 0 fully saturated rings. The summed E-state index contributed by atoms with van der Waals surface area (Å²) in [6.07, 6.45) is 0.682. The van der Waals surface area contributed by atoms with E-state index in [9.17, 15) is 0 Å². The molecule has 0 aliphatic heterocycles. The molecule has 1 aromatic rings. The zero-order valence-corrected chi connectivity index (χ0v) is 9.26. The summed E-state index contributed by atoms with van der Waals surface area (Å²) < 4.78 is 0. The van der Waals surface area contributed by atoms with Crippen molar-refractivity contribution in [2.45, 2.75) is 24.5 Å². The number of aliphatic hydroxyl groups is 1. The summed E-state index contributed by atoms with van der Waals surface area (Å²) >= 11 is 1.85. The van der Waals surface area contributed by atoms with Crippen LogP contribution in [0.2, 0.25) is 0 Å². The summed E-state index contributed by atoms with van der Waals surface area (Å²) in [4.78, 5) is 1.31. The predicted octanol–water partition coefficient (Wildman–Crippen LogP) is 2.10. The van der Waals surface area contributed by atoms with Gasteiger partial charge in [0.15, 0.2) is 0 Å². The van der Waals surface area contributed by atoms with Crippen LogP contribution in [0.4, 0.5) is 0 Å². The average molecular weight is 211 g/mol. The van der Waals surface area contributed by atoms with Crippen LogP contribution in [0.25, 0.3) is 0 Å². The zero-order valence-electron chi connectivity index (χ0n) is 8.44. The van der Waals surface area contributed by atoms with Crippen LogP contribution in [0.15, 0.2) is 35.2 Å². The van der Waals surface area contributed by atoms with E-state index in [1.807, 2.05) is 17.8 Å². The molecule has 0 spiro atoms. The molecule has 0 aliphatic carbocycles. The Bertz CT molecular complexity index is 238. The van der Waals surface area contributed by atoms with Gasteiger partial charge in [-0.1, -0.05) is 18.2 Å². The number of hydrogen-bond acceptors (Lipinski definition) is 3. The molecule has 78 valence electrons. The van der Waals surface area contributed by atoms with Gasteiger partial charge in [0.1, 0.15) is 6.23 Å². The molecule has 0 heterocycles. The monoisotopic (exact) mass is 211 g/mol. The van der Waals surface area contributed by atoms with E-state index in [0.29, 0.717) is 0 Å². The third-order valence-corrected chi connectivity index (χ3v) is 2.87. The van der Waals surface area contributed by atoms with Crippen LogP contribution < -0.4 is 5.32 Å². The van der Waals surface area contributed by atoms with Gasteiger partial charge in [-0.25, -0.2) is 0 Å². The Hall–Kier alpha value is -0.510. The number of thioether (sulfide) groups is 1. The fourth-order valence-corrected chi connectivity index (χ4v) is 1.96. The normalized spacial score (nSPS) is 12.7. The van der Waals surface area contributed by atoms with E-state index >= 15 is 0 Å². The van der Waals surface area contributed by atoms with E-state index in [1.54, 1.807) is 6.92 Å². The second kappa shape index (κ2) is 6.87. The predicted molar refractivity (Wildman–Crippen MR) is 61.5 cm³/mol. The lowest BCUT2D eigenvalue weighted by molar-refractivity contribution is 0.157. The van der Waals surface area contributed by atoms with Crippen molar-refractivity contribution < 1.29 is 5.11 Å². The van der Waals surface area contributed by atoms with Gasteiger partial charge in [-0.15, -0.1) is 11.8 Å². The smallest absolute Gasteiger partial charge is 0.102 e. The van der Waals surface area contributed by atoms with E-state index in [2.05, 4.69) is 29.6 Å². The van der Waals surface area contributed by atoms with Crippen LogP contribution in [0, 0.1) is 0 Å². The van der Waals surface area contributed by atoms with E-state index in [0.717, 1.165) is 18.7 Å². The van der Waals surface area contributed by atoms with Gasteiger partial charge in [0.05, 0.1) is 0 Å². The van der Waals surface area contributed by atoms with Crippen LogP contribution in [-0.2, 0) is 0 Å². The first-order valence-corrected chi connectivity index (χ1v) is 5.87. The van der Waals surface area contributed by atoms with Crippen molar-refractivity contribution in [2.24, 2.45) is 0 Å². The van der Waals surface area contributed by atoms with Crippen LogP contribution in [0.1, 0.15) is 13.3 Å². The van der Waals surface area contributed by atoms with Crippen molar-refractivity contribution in [3.63, 3.8) is 0 Å². The Morgan fingerprint density at radius 2 is 2.07 bits per heavy atom. The number of hydrogen-bond donors (Lipinski definition) is 2. The van der Waals surface area contributed by atoms with Gasteiger partial charge in [0.2, 0.25) is 0 Å². The lowest BCUT2D eigenvalue weighted by Crippen LogP contribution is -2.26. The van der Waals surface area contributed by atoms with Crippen molar-refractivity contribution in [1.29, 1.82) is 0 Å². The van der Waals surface area contributed by atoms with Crippen molar-refractivity contribution >= 4 is 11.8 Å². The SMILES string of the molecule is CC(O)NCCCSc1ccccc1. The largest absolute Gasteiger partial charge is 0.379 e. The summed E-state index contributed by atoms with van der Waals surface area (Å²) in [6.45, 7) is 2.61. The Morgan fingerprint density at radius 3 is 2.71 bits per heavy atom. The lowest BCUT2D eigenvalue weighted by atomic mass is 10.4. The first-order valence-electron chi connectivity index (χ1n) is 4.88. The highest BCUT2D eigenvalue weighted by molar-refractivity contribution is 7.99. The van der Waals surface area contributed by atoms with Crippen molar-refractivity contribution in [3.05, 3.63) is 30.3 Å². The first kappa shape index (κ1) is 11.6. The maximum absolute atomic E-state index is 8.95. The highest BCUT2D eigenvalue weighted by Crippen LogP contribution is 2.17. The highest BCUT2D eigenvalue weighted by Gasteiger charge is 1.94. The molecule has 0 bridgehead atoms. The topological polar surface area (TPSA) is 32.3 Å². The minimum Gasteiger partial charge on any atom is -0.379 e. The molecule has 2 N–H and O–H groups in total. The number of nitrogens with one attached hydrogen (secondary N) is 1. The molecule has 0 aliphatic rings. The number of rotatable bonds is 6. The van der Waals surface area contributed by atoms with Crippen LogP contribution in [0.3, 0.4) is 0 Å². The van der Waals surface area contributed by atoms with Crippen molar-refractivity contribution in [3.8, 4) is 0 Å². The molecule has 1 unspecified atom stereocenters. The number of benzene rings is 1. The van der Waals surface area contributed by atoms with Crippen molar-refractivity contribution in [1.82, 2.24) is 5.32 Å². The van der Waals surface area contributed by atoms with E-state index in [4.69, 9.17) is 5.11 Å². The van der Waals surface area contributed by atoms with Crippen molar-refractivity contribution in [2.75, 3.05) is 12.3 Å². The van der Waals surface area contributed by atoms with Gasteiger partial charge >= 0.3 is 0 Å². The highest BCUT2D eigenvalue weighted by atomic mass is 32.2. The fraction of sp³-hybridized carbons (Fsp3) is 0.455. The van der Waals surface area contributed by atoms with Crippen LogP contribution >= 0.6 is 11.8 Å². The molecule has 1 atom stereocenters. The standard InChI is InChI=1S/C11H17NOS/c1-10(13)12-8-5-9-14-11-6-3-2-4-7-11/h2-4,6-7,10,12-13H,5,8-9H2,1H3. The number of aliphatic hydroxyl groups excluding tert-OH is 1. The molecular weight excluding hydrogens is 194 g/mol. The molecule has 14 heavy (non-hydrogen) atoms. The first-order chi connectivity index (χ1) is 6.79. The Labute approximate surface area is 89.7 Å². The Balaban J connectivity index is 2.05. The van der Waals surface area contributed by atoms with Gasteiger partial charge in [0.25, 0.3) is 0 Å². The second-order valence-electron chi connectivity index (χ2n) is 3.15. The lowest BCUT2D eigenvalue weighted by Gasteiger charge is -2.06. The van der Waals surface area contributed by atoms with Crippen LogP contribution in [0.5, 0.6) is 0 Å². The molecule has 0 saturated carbocycles. The summed E-state index contributed by atoms with van der Waals surface area (Å²) in [5.74, 6) is 1.09. The summed E-state index contributed by atoms with van der Waals surface area (Å²) in [7, 11) is 0. The van der Waals surface area contributed by atoms with Gasteiger partial charge in [-0.2, -0.15) is 0 Å². The third-order valence-electron chi connectivity index (χ3n) is 1.77. The van der Waals surface area contributed by atoms with Gasteiger partial charge < -0.3 is 5.11 Å². The fourth-order valence-electron chi connectivity index (χ4n) is 1.09. The minimum absolute atomic E-state index is 0.392. The molecule has 0 radical (unpaired) electrons. The molecule has 0 aromatic heterocycles. The van der Waals surface area contributed by atoms with E-state index in [-0.39, 0.29) is 0 Å². The Kier molecular flexibility index (Phi) is 5.68. The zero-order chi connectivity index (χ0) is 10.2. The molecule has 2 nitrogen and oxygen atoms in total. The molecule has 1 rings (SSSR count). The maximum atomic E-state index is 8.95. The van der Waals surface area contributed by atoms with Gasteiger partial charge in [0, 0.05) is 4.90 Å².